The van der Waals surface area contributed by atoms with Crippen molar-refractivity contribution in [2.24, 2.45) is 0 Å². The summed E-state index contributed by atoms with van der Waals surface area (Å²) in [4.78, 5) is 16.9. The van der Waals surface area contributed by atoms with E-state index in [1.54, 1.807) is 32.4 Å². The average Bonchev–Trinajstić information content (AvgIpc) is 3.02. The van der Waals surface area contributed by atoms with Crippen LogP contribution in [-0.2, 0) is 6.42 Å². The summed E-state index contributed by atoms with van der Waals surface area (Å²) in [5.41, 5.74) is 3.53. The predicted molar refractivity (Wildman–Crippen MR) is 95.5 cm³/mol. The number of nitrogens with zero attached hydrogens (tertiary/aromatic N) is 2. The molecule has 0 fully saturated rings. The first-order valence-electron chi connectivity index (χ1n) is 8.04. The van der Waals surface area contributed by atoms with Gasteiger partial charge in [-0.15, -0.1) is 0 Å². The Morgan fingerprint density at radius 3 is 2.52 bits per heavy atom. The molecule has 0 saturated carbocycles. The monoisotopic (exact) mass is 339 g/mol. The molecular formula is C19H21N3O3. The van der Waals surface area contributed by atoms with Crippen LogP contribution >= 0.6 is 0 Å². The molecule has 0 spiro atoms. The smallest absolute Gasteiger partial charge is 0.251 e. The molecule has 0 aliphatic carbocycles. The number of ether oxygens (including phenoxy) is 2. The summed E-state index contributed by atoms with van der Waals surface area (Å²) < 4.78 is 12.4. The maximum Gasteiger partial charge on any atom is 0.251 e. The zero-order valence-electron chi connectivity index (χ0n) is 14.6. The lowest BCUT2D eigenvalue weighted by atomic mass is 10.2. The van der Waals surface area contributed by atoms with Crippen molar-refractivity contribution in [2.75, 3.05) is 20.8 Å². The Hall–Kier alpha value is -3.02. The summed E-state index contributed by atoms with van der Waals surface area (Å²) in [6, 6.07) is 9.12. The fourth-order valence-electron chi connectivity index (χ4n) is 2.62. The van der Waals surface area contributed by atoms with Crippen molar-refractivity contribution in [3.63, 3.8) is 0 Å². The molecule has 0 aliphatic rings. The van der Waals surface area contributed by atoms with Gasteiger partial charge in [0.25, 0.3) is 5.91 Å². The molecular weight excluding hydrogens is 318 g/mol. The van der Waals surface area contributed by atoms with Crippen LogP contribution in [0.1, 0.15) is 21.6 Å². The minimum Gasteiger partial charge on any atom is -0.497 e. The van der Waals surface area contributed by atoms with E-state index in [9.17, 15) is 4.79 Å². The van der Waals surface area contributed by atoms with E-state index in [-0.39, 0.29) is 5.91 Å². The topological polar surface area (TPSA) is 64.9 Å². The number of rotatable bonds is 6. The summed E-state index contributed by atoms with van der Waals surface area (Å²) in [6.45, 7) is 2.54. The second-order valence-electron chi connectivity index (χ2n) is 5.81. The maximum absolute atomic E-state index is 12.3. The van der Waals surface area contributed by atoms with E-state index in [0.29, 0.717) is 30.0 Å². The Balaban J connectivity index is 1.63. The number of hydrogen-bond acceptors (Lipinski definition) is 4. The third-order valence-corrected chi connectivity index (χ3v) is 3.93. The normalized spacial score (nSPS) is 10.7. The summed E-state index contributed by atoms with van der Waals surface area (Å²) in [5, 5.41) is 2.91. The SMILES string of the molecule is COc1cc(OC)cc(C(=O)NCCc2cn3cc(C)ccc3n2)c1. The summed E-state index contributed by atoms with van der Waals surface area (Å²) >= 11 is 0. The second kappa shape index (κ2) is 7.25. The lowest BCUT2D eigenvalue weighted by Gasteiger charge is -2.09. The minimum atomic E-state index is -0.170. The van der Waals surface area contributed by atoms with Gasteiger partial charge in [0.1, 0.15) is 17.1 Å². The molecule has 1 N–H and O–H groups in total. The van der Waals surface area contributed by atoms with Crippen LogP contribution in [-0.4, -0.2) is 36.1 Å². The molecule has 130 valence electrons. The molecule has 0 unspecified atom stereocenters. The Bertz CT molecular complexity index is 880. The number of fused-ring (bicyclic) bond motifs is 1. The van der Waals surface area contributed by atoms with Crippen LogP contribution in [0.25, 0.3) is 5.65 Å². The molecule has 1 aromatic carbocycles. The van der Waals surface area contributed by atoms with Gasteiger partial charge in [-0.05, 0) is 30.7 Å². The zero-order valence-corrected chi connectivity index (χ0v) is 14.6. The highest BCUT2D eigenvalue weighted by atomic mass is 16.5. The molecule has 2 heterocycles. The molecule has 3 aromatic rings. The van der Waals surface area contributed by atoms with Gasteiger partial charge in [0.15, 0.2) is 0 Å². The molecule has 25 heavy (non-hydrogen) atoms. The lowest BCUT2D eigenvalue weighted by Crippen LogP contribution is -2.25. The van der Waals surface area contributed by atoms with Gasteiger partial charge in [-0.1, -0.05) is 6.07 Å². The Labute approximate surface area is 146 Å². The number of carbonyl (C=O) groups excluding carboxylic acids is 1. The van der Waals surface area contributed by atoms with Gasteiger partial charge in [-0.25, -0.2) is 4.98 Å². The number of hydrogen-bond donors (Lipinski definition) is 1. The quantitative estimate of drug-likeness (QED) is 0.750. The van der Waals surface area contributed by atoms with Crippen LogP contribution in [0.15, 0.2) is 42.7 Å². The van der Waals surface area contributed by atoms with Gasteiger partial charge in [0, 0.05) is 37.0 Å². The van der Waals surface area contributed by atoms with Crippen molar-refractivity contribution in [3.05, 3.63) is 59.5 Å². The highest BCUT2D eigenvalue weighted by molar-refractivity contribution is 5.95. The molecule has 3 rings (SSSR count). The Morgan fingerprint density at radius 2 is 1.84 bits per heavy atom. The van der Waals surface area contributed by atoms with E-state index in [2.05, 4.69) is 10.3 Å². The van der Waals surface area contributed by atoms with Crippen LogP contribution in [0.4, 0.5) is 0 Å². The van der Waals surface area contributed by atoms with Crippen molar-refractivity contribution in [3.8, 4) is 11.5 Å². The number of amides is 1. The van der Waals surface area contributed by atoms with Crippen molar-refractivity contribution < 1.29 is 14.3 Å². The van der Waals surface area contributed by atoms with E-state index in [1.165, 1.54) is 5.56 Å². The first kappa shape index (κ1) is 16.8. The summed E-state index contributed by atoms with van der Waals surface area (Å²) in [6.07, 6.45) is 4.68. The first-order valence-corrected chi connectivity index (χ1v) is 8.04. The highest BCUT2D eigenvalue weighted by Gasteiger charge is 2.10. The number of carbonyl (C=O) groups is 1. The number of pyridine rings is 1. The van der Waals surface area contributed by atoms with Crippen LogP contribution in [0, 0.1) is 6.92 Å². The molecule has 0 aliphatic heterocycles. The van der Waals surface area contributed by atoms with Gasteiger partial charge in [-0.2, -0.15) is 0 Å². The molecule has 0 bridgehead atoms. The predicted octanol–water partition coefficient (Wildman–Crippen LogP) is 2.63. The molecule has 2 aromatic heterocycles. The zero-order chi connectivity index (χ0) is 17.8. The van der Waals surface area contributed by atoms with Gasteiger partial charge in [-0.3, -0.25) is 4.79 Å². The van der Waals surface area contributed by atoms with E-state index in [4.69, 9.17) is 9.47 Å². The number of imidazole rings is 1. The Morgan fingerprint density at radius 1 is 1.12 bits per heavy atom. The van der Waals surface area contributed by atoms with E-state index >= 15 is 0 Å². The summed E-state index contributed by atoms with van der Waals surface area (Å²) in [7, 11) is 3.11. The van der Waals surface area contributed by atoms with Crippen molar-refractivity contribution in [1.29, 1.82) is 0 Å². The van der Waals surface area contributed by atoms with Crippen LogP contribution < -0.4 is 14.8 Å². The largest absolute Gasteiger partial charge is 0.497 e. The number of nitrogens with one attached hydrogen (secondary N) is 1. The molecule has 6 nitrogen and oxygen atoms in total. The van der Waals surface area contributed by atoms with Gasteiger partial charge in [0.05, 0.1) is 19.9 Å². The summed E-state index contributed by atoms with van der Waals surface area (Å²) in [5.74, 6) is 0.997. The van der Waals surface area contributed by atoms with Gasteiger partial charge >= 0.3 is 0 Å². The number of benzene rings is 1. The third kappa shape index (κ3) is 3.91. The van der Waals surface area contributed by atoms with E-state index < -0.39 is 0 Å². The molecule has 0 saturated heterocycles. The van der Waals surface area contributed by atoms with E-state index in [1.807, 2.05) is 35.9 Å². The highest BCUT2D eigenvalue weighted by Crippen LogP contribution is 2.22. The van der Waals surface area contributed by atoms with Gasteiger partial charge < -0.3 is 19.2 Å². The number of aromatic nitrogens is 2. The van der Waals surface area contributed by atoms with Crippen LogP contribution in [0.2, 0.25) is 0 Å². The fourth-order valence-corrected chi connectivity index (χ4v) is 2.62. The Kier molecular flexibility index (Phi) is 4.88. The van der Waals surface area contributed by atoms with Gasteiger partial charge in [0.2, 0.25) is 0 Å². The van der Waals surface area contributed by atoms with Crippen molar-refractivity contribution in [1.82, 2.24) is 14.7 Å². The standard InChI is InChI=1S/C19H21N3O3/c1-13-4-5-18-21-15(12-22(18)11-13)6-7-20-19(23)14-8-16(24-2)10-17(9-14)25-3/h4-5,8-12H,6-7H2,1-3H3,(H,20,23). The molecule has 6 heteroatoms. The van der Waals surface area contributed by atoms with Crippen LogP contribution in [0.5, 0.6) is 11.5 Å². The maximum atomic E-state index is 12.3. The lowest BCUT2D eigenvalue weighted by molar-refractivity contribution is 0.0953. The average molecular weight is 339 g/mol. The number of aryl methyl sites for hydroxylation is 1. The van der Waals surface area contributed by atoms with Crippen LogP contribution in [0.3, 0.4) is 0 Å². The third-order valence-electron chi connectivity index (χ3n) is 3.93. The van der Waals surface area contributed by atoms with E-state index in [0.717, 1.165) is 11.3 Å². The van der Waals surface area contributed by atoms with Crippen molar-refractivity contribution in [2.45, 2.75) is 13.3 Å². The second-order valence-corrected chi connectivity index (χ2v) is 5.81. The number of methoxy groups -OCH3 is 2. The molecule has 0 radical (unpaired) electrons. The molecule has 1 amide bonds. The first-order chi connectivity index (χ1) is 12.1. The molecule has 0 atom stereocenters. The van der Waals surface area contributed by atoms with Crippen molar-refractivity contribution >= 4 is 11.6 Å². The fraction of sp³-hybridized carbons (Fsp3) is 0.263. The minimum absolute atomic E-state index is 0.170.